The van der Waals surface area contributed by atoms with Crippen LogP contribution in [-0.4, -0.2) is 55.8 Å². The minimum absolute atomic E-state index is 0.0395. The smallest absolute Gasteiger partial charge is 0.255 e. The lowest BCUT2D eigenvalue weighted by atomic mass is 9.78. The number of hydrogen-bond acceptors (Lipinski definition) is 5. The highest BCUT2D eigenvalue weighted by Gasteiger charge is 2.44. The number of hydrogen-bond donors (Lipinski definition) is 1. The van der Waals surface area contributed by atoms with Gasteiger partial charge in [-0.1, -0.05) is 0 Å². The van der Waals surface area contributed by atoms with Crippen LogP contribution >= 0.6 is 0 Å². The molecule has 29 heavy (non-hydrogen) atoms. The zero-order valence-electron chi connectivity index (χ0n) is 15.7. The van der Waals surface area contributed by atoms with Crippen molar-refractivity contribution in [1.29, 1.82) is 0 Å². The number of carbonyl (C=O) groups excluding carboxylic acids is 1. The Balaban J connectivity index is 1.27. The summed E-state index contributed by atoms with van der Waals surface area (Å²) in [6.45, 7) is 1.26. The summed E-state index contributed by atoms with van der Waals surface area (Å²) in [5.41, 5.74) is 1.27. The molecule has 1 aliphatic heterocycles. The number of fused-ring (bicyclic) bond motifs is 2. The molecule has 0 radical (unpaired) electrons. The SMILES string of the molecule is O=C(c1ccc2ncnn2c1)N1C[C@H]2C[C@@H](Oc3ccc(F)cc3)[C@H](O)C[C@H]2C1. The molecule has 1 aliphatic carbocycles. The van der Waals surface area contributed by atoms with Crippen molar-refractivity contribution in [2.24, 2.45) is 11.8 Å². The molecule has 1 aromatic carbocycles. The quantitative estimate of drug-likeness (QED) is 0.734. The van der Waals surface area contributed by atoms with Crippen LogP contribution < -0.4 is 4.74 Å². The number of amides is 1. The third kappa shape index (κ3) is 3.44. The Bertz CT molecular complexity index is 1040. The third-order valence-corrected chi connectivity index (χ3v) is 5.99. The summed E-state index contributed by atoms with van der Waals surface area (Å²) in [7, 11) is 0. The van der Waals surface area contributed by atoms with Crippen LogP contribution in [0, 0.1) is 17.7 Å². The van der Waals surface area contributed by atoms with Crippen molar-refractivity contribution in [1.82, 2.24) is 19.5 Å². The minimum Gasteiger partial charge on any atom is -0.488 e. The van der Waals surface area contributed by atoms with Gasteiger partial charge in [0.25, 0.3) is 5.91 Å². The van der Waals surface area contributed by atoms with Crippen LogP contribution in [0.25, 0.3) is 5.65 Å². The zero-order valence-corrected chi connectivity index (χ0v) is 15.7. The molecule has 7 nitrogen and oxygen atoms in total. The molecule has 1 saturated carbocycles. The standard InChI is InChI=1S/C21H21FN4O3/c22-16-2-4-17(5-3-16)29-19-8-15-10-25(9-14(15)7-18(19)27)21(28)13-1-6-20-23-12-24-26(20)11-13/h1-6,11-12,14-15,18-19,27H,7-10H2/t14-,15+,18+,19+/m0/s1. The molecule has 0 bridgehead atoms. The first kappa shape index (κ1) is 18.1. The largest absolute Gasteiger partial charge is 0.488 e. The minimum atomic E-state index is -0.608. The molecule has 1 saturated heterocycles. The highest BCUT2D eigenvalue weighted by Crippen LogP contribution is 2.38. The van der Waals surface area contributed by atoms with E-state index in [0.717, 1.165) is 0 Å². The predicted molar refractivity (Wildman–Crippen MR) is 102 cm³/mol. The highest BCUT2D eigenvalue weighted by atomic mass is 19.1. The van der Waals surface area contributed by atoms with Crippen LogP contribution in [-0.2, 0) is 0 Å². The second kappa shape index (κ2) is 7.11. The van der Waals surface area contributed by atoms with E-state index in [1.807, 2.05) is 4.90 Å². The van der Waals surface area contributed by atoms with Gasteiger partial charge in [0.05, 0.1) is 11.7 Å². The first-order valence-corrected chi connectivity index (χ1v) is 9.76. The number of pyridine rings is 1. The van der Waals surface area contributed by atoms with Crippen LogP contribution in [0.4, 0.5) is 4.39 Å². The van der Waals surface area contributed by atoms with E-state index in [1.165, 1.54) is 18.5 Å². The maximum Gasteiger partial charge on any atom is 0.255 e. The summed E-state index contributed by atoms with van der Waals surface area (Å²) in [4.78, 5) is 18.9. The fourth-order valence-corrected chi connectivity index (χ4v) is 4.50. The van der Waals surface area contributed by atoms with E-state index in [1.54, 1.807) is 35.0 Å². The average Bonchev–Trinajstić information content (AvgIpc) is 3.35. The van der Waals surface area contributed by atoms with Crippen molar-refractivity contribution in [3.8, 4) is 5.75 Å². The maximum atomic E-state index is 13.1. The van der Waals surface area contributed by atoms with E-state index in [9.17, 15) is 14.3 Å². The molecule has 4 atom stereocenters. The van der Waals surface area contributed by atoms with E-state index in [2.05, 4.69) is 10.1 Å². The Labute approximate surface area is 166 Å². The lowest BCUT2D eigenvalue weighted by Crippen LogP contribution is -2.42. The van der Waals surface area contributed by atoms with Gasteiger partial charge in [0.2, 0.25) is 0 Å². The highest BCUT2D eigenvalue weighted by molar-refractivity contribution is 5.94. The molecular formula is C21H21FN4O3. The van der Waals surface area contributed by atoms with Crippen LogP contribution in [0.3, 0.4) is 0 Å². The van der Waals surface area contributed by atoms with Crippen LogP contribution in [0.1, 0.15) is 23.2 Å². The summed E-state index contributed by atoms with van der Waals surface area (Å²) in [6.07, 6.45) is 3.43. The molecule has 2 aromatic heterocycles. The van der Waals surface area contributed by atoms with Crippen molar-refractivity contribution in [3.63, 3.8) is 0 Å². The summed E-state index contributed by atoms with van der Waals surface area (Å²) in [5, 5.41) is 14.6. The summed E-state index contributed by atoms with van der Waals surface area (Å²) < 4.78 is 20.6. The van der Waals surface area contributed by atoms with Crippen molar-refractivity contribution in [3.05, 3.63) is 60.3 Å². The third-order valence-electron chi connectivity index (χ3n) is 5.99. The number of ether oxygens (including phenoxy) is 1. The van der Waals surface area contributed by atoms with Gasteiger partial charge >= 0.3 is 0 Å². The molecule has 5 rings (SSSR count). The van der Waals surface area contributed by atoms with E-state index in [4.69, 9.17) is 4.74 Å². The van der Waals surface area contributed by atoms with Gasteiger partial charge in [-0.2, -0.15) is 5.10 Å². The summed E-state index contributed by atoms with van der Waals surface area (Å²) >= 11 is 0. The van der Waals surface area contributed by atoms with Crippen molar-refractivity contribution >= 4 is 11.6 Å². The van der Waals surface area contributed by atoms with Crippen molar-refractivity contribution in [2.45, 2.75) is 25.0 Å². The monoisotopic (exact) mass is 396 g/mol. The van der Waals surface area contributed by atoms with Gasteiger partial charge in [-0.05, 0) is 61.1 Å². The summed E-state index contributed by atoms with van der Waals surface area (Å²) in [6, 6.07) is 9.37. The van der Waals surface area contributed by atoms with Gasteiger partial charge in [-0.15, -0.1) is 0 Å². The van der Waals surface area contributed by atoms with Gasteiger partial charge < -0.3 is 14.7 Å². The average molecular weight is 396 g/mol. The van der Waals surface area contributed by atoms with Gasteiger partial charge in [0.1, 0.15) is 24.0 Å². The Morgan fingerprint density at radius 2 is 1.86 bits per heavy atom. The second-order valence-corrected chi connectivity index (χ2v) is 7.86. The molecule has 150 valence electrons. The van der Waals surface area contributed by atoms with E-state index in [0.29, 0.717) is 42.9 Å². The van der Waals surface area contributed by atoms with Gasteiger partial charge in [-0.3, -0.25) is 4.79 Å². The number of likely N-dealkylation sites (tertiary alicyclic amines) is 1. The lowest BCUT2D eigenvalue weighted by molar-refractivity contribution is -0.0231. The molecular weight excluding hydrogens is 375 g/mol. The normalized spacial score (nSPS) is 26.5. The Hall–Kier alpha value is -3.00. The Morgan fingerprint density at radius 3 is 2.66 bits per heavy atom. The maximum absolute atomic E-state index is 13.1. The van der Waals surface area contributed by atoms with E-state index >= 15 is 0 Å². The van der Waals surface area contributed by atoms with Gasteiger partial charge in [0, 0.05) is 19.3 Å². The zero-order chi connectivity index (χ0) is 20.0. The van der Waals surface area contributed by atoms with E-state index < -0.39 is 6.10 Å². The molecule has 0 unspecified atom stereocenters. The number of aliphatic hydroxyl groups excluding tert-OH is 1. The first-order valence-electron chi connectivity index (χ1n) is 9.76. The fraction of sp³-hybridized carbons (Fsp3) is 0.381. The van der Waals surface area contributed by atoms with Crippen LogP contribution in [0.15, 0.2) is 48.9 Å². The summed E-state index contributed by atoms with van der Waals surface area (Å²) in [5.74, 6) is 0.693. The number of rotatable bonds is 3. The van der Waals surface area contributed by atoms with Crippen molar-refractivity contribution in [2.75, 3.05) is 13.1 Å². The van der Waals surface area contributed by atoms with Gasteiger partial charge in [0.15, 0.2) is 5.65 Å². The lowest BCUT2D eigenvalue weighted by Gasteiger charge is -2.35. The van der Waals surface area contributed by atoms with Crippen LogP contribution in [0.2, 0.25) is 0 Å². The van der Waals surface area contributed by atoms with Gasteiger partial charge in [-0.25, -0.2) is 13.9 Å². The number of benzene rings is 1. The van der Waals surface area contributed by atoms with Crippen molar-refractivity contribution < 1.29 is 19.0 Å². The Kier molecular flexibility index (Phi) is 4.43. The number of carbonyl (C=O) groups is 1. The predicted octanol–water partition coefficient (Wildman–Crippen LogP) is 2.16. The topological polar surface area (TPSA) is 80.0 Å². The molecule has 0 spiro atoms. The Morgan fingerprint density at radius 1 is 1.10 bits per heavy atom. The second-order valence-electron chi connectivity index (χ2n) is 7.86. The van der Waals surface area contributed by atoms with E-state index in [-0.39, 0.29) is 29.7 Å². The molecule has 2 fully saturated rings. The number of aliphatic hydroxyl groups is 1. The molecule has 1 N–H and O–H groups in total. The molecule has 3 heterocycles. The number of halogens is 1. The van der Waals surface area contributed by atoms with Crippen LogP contribution in [0.5, 0.6) is 5.75 Å². The number of aromatic nitrogens is 3. The molecule has 8 heteroatoms. The molecule has 3 aromatic rings. The molecule has 1 amide bonds. The number of nitrogens with zero attached hydrogens (tertiary/aromatic N) is 4. The fourth-order valence-electron chi connectivity index (χ4n) is 4.50. The molecule has 2 aliphatic rings. The first-order chi connectivity index (χ1) is 14.1.